The number of aliphatic hydroxyl groups is 1. The summed E-state index contributed by atoms with van der Waals surface area (Å²) in [5.74, 6) is -0.512. The molecule has 10 heteroatoms. The Balaban J connectivity index is 1.90. The van der Waals surface area contributed by atoms with E-state index in [9.17, 15) is 26.7 Å². The van der Waals surface area contributed by atoms with Crippen LogP contribution in [0, 0.1) is 0 Å². The molecule has 1 saturated heterocycles. The second-order valence-electron chi connectivity index (χ2n) is 6.64. The Hall–Kier alpha value is -2.14. The van der Waals surface area contributed by atoms with Crippen molar-refractivity contribution in [2.45, 2.75) is 36.4 Å². The van der Waals surface area contributed by atoms with Gasteiger partial charge in [-0.15, -0.1) is 13.2 Å². The molecular weight excluding hydrogens is 411 g/mol. The summed E-state index contributed by atoms with van der Waals surface area (Å²) >= 11 is 0. The lowest BCUT2D eigenvalue weighted by atomic mass is 10.1. The van der Waals surface area contributed by atoms with Crippen LogP contribution in [-0.4, -0.2) is 49.6 Å². The van der Waals surface area contributed by atoms with Gasteiger partial charge in [-0.25, -0.2) is 8.42 Å². The molecule has 1 aliphatic rings. The third-order valence-electron chi connectivity index (χ3n) is 4.42. The molecule has 1 fully saturated rings. The van der Waals surface area contributed by atoms with Crippen LogP contribution in [0.4, 0.5) is 13.2 Å². The highest BCUT2D eigenvalue weighted by Gasteiger charge is 2.36. The zero-order valence-corrected chi connectivity index (χ0v) is 16.1. The molecule has 2 atom stereocenters. The van der Waals surface area contributed by atoms with Crippen LogP contribution in [-0.2, 0) is 21.3 Å². The molecule has 29 heavy (non-hydrogen) atoms. The molecule has 1 heterocycles. The number of hydrogen-bond donors (Lipinski definition) is 1. The van der Waals surface area contributed by atoms with Crippen molar-refractivity contribution in [2.75, 3.05) is 13.2 Å². The quantitative estimate of drug-likeness (QED) is 0.761. The molecule has 0 spiro atoms. The SMILES string of the molecule is O=S(=O)(c1ccc(OC(F)(F)F)cc1)N(Cc1ccccc1)[C@H]1COC[C@H](O)C1. The zero-order chi connectivity index (χ0) is 21.1. The number of alkyl halides is 3. The molecule has 0 aliphatic carbocycles. The molecule has 1 N–H and O–H groups in total. The highest BCUT2D eigenvalue weighted by atomic mass is 32.2. The minimum atomic E-state index is -4.87. The Kier molecular flexibility index (Phi) is 6.47. The topological polar surface area (TPSA) is 76.1 Å². The Morgan fingerprint density at radius 3 is 2.31 bits per heavy atom. The summed E-state index contributed by atoms with van der Waals surface area (Å²) < 4.78 is 73.9. The molecule has 0 radical (unpaired) electrons. The molecule has 0 unspecified atom stereocenters. The first kappa shape index (κ1) is 21.6. The van der Waals surface area contributed by atoms with Crippen molar-refractivity contribution in [3.63, 3.8) is 0 Å². The normalized spacial score (nSPS) is 20.6. The van der Waals surface area contributed by atoms with Gasteiger partial charge in [-0.3, -0.25) is 0 Å². The summed E-state index contributed by atoms with van der Waals surface area (Å²) in [5.41, 5.74) is 0.730. The summed E-state index contributed by atoms with van der Waals surface area (Å²) in [5, 5.41) is 9.91. The fraction of sp³-hybridized carbons (Fsp3) is 0.368. The maximum atomic E-state index is 13.3. The first-order chi connectivity index (χ1) is 13.6. The van der Waals surface area contributed by atoms with E-state index < -0.39 is 34.3 Å². The molecule has 0 saturated carbocycles. The molecule has 2 aromatic carbocycles. The molecule has 1 aliphatic heterocycles. The highest BCUT2D eigenvalue weighted by molar-refractivity contribution is 7.89. The van der Waals surface area contributed by atoms with Crippen LogP contribution in [0.3, 0.4) is 0 Å². The van der Waals surface area contributed by atoms with Crippen LogP contribution < -0.4 is 4.74 Å². The lowest BCUT2D eigenvalue weighted by molar-refractivity contribution is -0.274. The van der Waals surface area contributed by atoms with E-state index in [0.29, 0.717) is 0 Å². The van der Waals surface area contributed by atoms with Crippen molar-refractivity contribution >= 4 is 10.0 Å². The Morgan fingerprint density at radius 1 is 1.07 bits per heavy atom. The van der Waals surface area contributed by atoms with Crippen LogP contribution >= 0.6 is 0 Å². The smallest absolute Gasteiger partial charge is 0.406 e. The number of nitrogens with zero attached hydrogens (tertiary/aromatic N) is 1. The molecule has 0 aromatic heterocycles. The first-order valence-corrected chi connectivity index (χ1v) is 10.3. The van der Waals surface area contributed by atoms with Gasteiger partial charge in [0, 0.05) is 6.54 Å². The van der Waals surface area contributed by atoms with Crippen molar-refractivity contribution in [1.29, 1.82) is 0 Å². The number of halogens is 3. The van der Waals surface area contributed by atoms with E-state index in [0.717, 1.165) is 29.8 Å². The van der Waals surface area contributed by atoms with E-state index in [-0.39, 0.29) is 31.1 Å². The fourth-order valence-electron chi connectivity index (χ4n) is 3.11. The Bertz CT molecular complexity index is 904. The average molecular weight is 431 g/mol. The maximum Gasteiger partial charge on any atom is 0.573 e. The largest absolute Gasteiger partial charge is 0.573 e. The number of hydrogen-bond acceptors (Lipinski definition) is 5. The van der Waals surface area contributed by atoms with E-state index in [2.05, 4.69) is 4.74 Å². The van der Waals surface area contributed by atoms with Gasteiger partial charge in [0.2, 0.25) is 10.0 Å². The lowest BCUT2D eigenvalue weighted by Crippen LogP contribution is -2.47. The zero-order valence-electron chi connectivity index (χ0n) is 15.2. The predicted molar refractivity (Wildman–Crippen MR) is 97.5 cm³/mol. The standard InChI is InChI=1S/C19H20F3NO5S/c20-19(21,22)28-17-6-8-18(9-7-17)29(25,26)23(11-14-4-2-1-3-5-14)15-10-16(24)13-27-12-15/h1-9,15-16,24H,10-13H2/t15-,16-/m1/s1. The lowest BCUT2D eigenvalue weighted by Gasteiger charge is -2.35. The number of ether oxygens (including phenoxy) is 2. The Labute approximate surface area is 166 Å². The van der Waals surface area contributed by atoms with Crippen LogP contribution in [0.5, 0.6) is 5.75 Å². The fourth-order valence-corrected chi connectivity index (χ4v) is 4.72. The van der Waals surface area contributed by atoms with E-state index in [1.54, 1.807) is 30.3 Å². The van der Waals surface area contributed by atoms with E-state index >= 15 is 0 Å². The third kappa shape index (κ3) is 5.69. The first-order valence-electron chi connectivity index (χ1n) is 8.82. The third-order valence-corrected chi connectivity index (χ3v) is 6.33. The number of aliphatic hydroxyl groups excluding tert-OH is 1. The van der Waals surface area contributed by atoms with E-state index in [4.69, 9.17) is 4.74 Å². The minimum absolute atomic E-state index is 0.0325. The molecule has 3 rings (SSSR count). The van der Waals surface area contributed by atoms with Gasteiger partial charge >= 0.3 is 6.36 Å². The summed E-state index contributed by atoms with van der Waals surface area (Å²) in [6, 6.07) is 12.3. The summed E-state index contributed by atoms with van der Waals surface area (Å²) in [6.07, 6.45) is -5.47. The van der Waals surface area contributed by atoms with Crippen molar-refractivity contribution in [3.05, 3.63) is 60.2 Å². The van der Waals surface area contributed by atoms with Crippen LogP contribution in [0.25, 0.3) is 0 Å². The average Bonchev–Trinajstić information content (AvgIpc) is 2.66. The highest BCUT2D eigenvalue weighted by Crippen LogP contribution is 2.28. The van der Waals surface area contributed by atoms with E-state index in [1.807, 2.05) is 0 Å². The van der Waals surface area contributed by atoms with Crippen LogP contribution in [0.2, 0.25) is 0 Å². The van der Waals surface area contributed by atoms with Gasteiger partial charge in [-0.2, -0.15) is 4.31 Å². The summed E-state index contributed by atoms with van der Waals surface area (Å²) in [7, 11) is -4.08. The maximum absolute atomic E-state index is 13.3. The van der Waals surface area contributed by atoms with Gasteiger partial charge in [0.05, 0.1) is 30.3 Å². The summed E-state index contributed by atoms with van der Waals surface area (Å²) in [4.78, 5) is -0.178. The van der Waals surface area contributed by atoms with Crippen LogP contribution in [0.15, 0.2) is 59.5 Å². The molecule has 2 aromatic rings. The van der Waals surface area contributed by atoms with Crippen molar-refractivity contribution in [2.24, 2.45) is 0 Å². The monoisotopic (exact) mass is 431 g/mol. The predicted octanol–water partition coefficient (Wildman–Crippen LogP) is 2.93. The van der Waals surface area contributed by atoms with Gasteiger partial charge < -0.3 is 14.6 Å². The number of benzene rings is 2. The van der Waals surface area contributed by atoms with E-state index in [1.165, 1.54) is 4.31 Å². The number of sulfonamides is 1. The molecule has 0 bridgehead atoms. The minimum Gasteiger partial charge on any atom is -0.406 e. The van der Waals surface area contributed by atoms with Gasteiger partial charge in [0.15, 0.2) is 0 Å². The van der Waals surface area contributed by atoms with Gasteiger partial charge in [0.1, 0.15) is 5.75 Å². The number of rotatable bonds is 6. The van der Waals surface area contributed by atoms with Crippen LogP contribution in [0.1, 0.15) is 12.0 Å². The van der Waals surface area contributed by atoms with Gasteiger partial charge in [-0.05, 0) is 36.2 Å². The second-order valence-corrected chi connectivity index (χ2v) is 8.53. The van der Waals surface area contributed by atoms with Crippen molar-refractivity contribution in [3.8, 4) is 5.75 Å². The van der Waals surface area contributed by atoms with Crippen molar-refractivity contribution < 1.29 is 36.2 Å². The molecule has 0 amide bonds. The molecular formula is C19H20F3NO5S. The van der Waals surface area contributed by atoms with Gasteiger partial charge in [-0.1, -0.05) is 30.3 Å². The molecule has 6 nitrogen and oxygen atoms in total. The second kappa shape index (κ2) is 8.70. The van der Waals surface area contributed by atoms with Crippen molar-refractivity contribution in [1.82, 2.24) is 4.31 Å². The summed E-state index contributed by atoms with van der Waals surface area (Å²) in [6.45, 7) is 0.266. The molecule has 158 valence electrons. The van der Waals surface area contributed by atoms with Gasteiger partial charge in [0.25, 0.3) is 0 Å². The Morgan fingerprint density at radius 2 is 1.72 bits per heavy atom.